The van der Waals surface area contributed by atoms with E-state index in [0.29, 0.717) is 0 Å². The number of nitrogens with one attached hydrogen (secondary N) is 1. The first kappa shape index (κ1) is 14.2. The Balaban J connectivity index is 1.59. The van der Waals surface area contributed by atoms with E-state index in [4.69, 9.17) is 4.52 Å². The Labute approximate surface area is 131 Å². The molecule has 5 heteroatoms. The van der Waals surface area contributed by atoms with E-state index in [0.717, 1.165) is 39.8 Å². The average molecular weight is 346 g/mol. The lowest BCUT2D eigenvalue weighted by Gasteiger charge is -2.12. The van der Waals surface area contributed by atoms with Crippen LogP contribution in [0.2, 0.25) is 0 Å². The van der Waals surface area contributed by atoms with Crippen LogP contribution in [0.15, 0.2) is 51.6 Å². The highest BCUT2D eigenvalue weighted by atomic mass is 79.9. The number of pyridine rings is 1. The molecule has 0 spiro atoms. The summed E-state index contributed by atoms with van der Waals surface area (Å²) in [6, 6.07) is 12.2. The highest BCUT2D eigenvalue weighted by Crippen LogP contribution is 2.18. The van der Waals surface area contributed by atoms with E-state index in [-0.39, 0.29) is 6.04 Å². The predicted molar refractivity (Wildman–Crippen MR) is 86.1 cm³/mol. The van der Waals surface area contributed by atoms with Gasteiger partial charge in [-0.2, -0.15) is 0 Å². The Kier molecular flexibility index (Phi) is 4.31. The van der Waals surface area contributed by atoms with Crippen molar-refractivity contribution in [3.8, 4) is 0 Å². The second-order valence-corrected chi connectivity index (χ2v) is 5.87. The number of hydrogen-bond donors (Lipinski definition) is 1. The fourth-order valence-corrected chi connectivity index (χ4v) is 2.51. The van der Waals surface area contributed by atoms with Crippen molar-refractivity contribution in [3.05, 3.63) is 58.5 Å². The molecule has 4 nitrogen and oxygen atoms in total. The Hall–Kier alpha value is -1.72. The maximum Gasteiger partial charge on any atom is 0.167 e. The summed E-state index contributed by atoms with van der Waals surface area (Å²) < 4.78 is 6.30. The number of fused-ring (bicyclic) bond motifs is 1. The Morgan fingerprint density at radius 2 is 2.10 bits per heavy atom. The monoisotopic (exact) mass is 345 g/mol. The zero-order valence-electron chi connectivity index (χ0n) is 11.7. The Bertz CT molecular complexity index is 724. The second kappa shape index (κ2) is 6.37. The van der Waals surface area contributed by atoms with E-state index in [9.17, 15) is 0 Å². The summed E-state index contributed by atoms with van der Waals surface area (Å²) in [4.78, 5) is 4.40. The lowest BCUT2D eigenvalue weighted by molar-refractivity contribution is 0.442. The zero-order chi connectivity index (χ0) is 14.7. The van der Waals surface area contributed by atoms with Crippen molar-refractivity contribution >= 4 is 26.9 Å². The summed E-state index contributed by atoms with van der Waals surface area (Å²) in [5.74, 6) is 0. The molecule has 1 N–H and O–H groups in total. The molecule has 3 aromatic rings. The molecule has 3 rings (SSSR count). The summed E-state index contributed by atoms with van der Waals surface area (Å²) >= 11 is 3.39. The molecule has 0 aliphatic heterocycles. The first-order chi connectivity index (χ1) is 10.2. The molecule has 108 valence electrons. The minimum atomic E-state index is 0.205. The minimum absolute atomic E-state index is 0.205. The normalized spacial score (nSPS) is 12.7. The van der Waals surface area contributed by atoms with E-state index < -0.39 is 0 Å². The third-order valence-electron chi connectivity index (χ3n) is 3.46. The van der Waals surface area contributed by atoms with Crippen molar-refractivity contribution in [1.29, 1.82) is 0 Å². The van der Waals surface area contributed by atoms with Gasteiger partial charge in [0.25, 0.3) is 0 Å². The molecule has 0 fully saturated rings. The zero-order valence-corrected chi connectivity index (χ0v) is 13.3. The lowest BCUT2D eigenvalue weighted by Crippen LogP contribution is -2.22. The van der Waals surface area contributed by atoms with Gasteiger partial charge < -0.3 is 9.84 Å². The van der Waals surface area contributed by atoms with Gasteiger partial charge >= 0.3 is 0 Å². The van der Waals surface area contributed by atoms with Crippen LogP contribution in [0.1, 0.15) is 24.4 Å². The molecule has 2 heterocycles. The third kappa shape index (κ3) is 3.31. The van der Waals surface area contributed by atoms with E-state index in [1.165, 1.54) is 0 Å². The van der Waals surface area contributed by atoms with Gasteiger partial charge in [0, 0.05) is 35.1 Å². The molecule has 0 saturated heterocycles. The van der Waals surface area contributed by atoms with Gasteiger partial charge in [-0.05, 0) is 47.1 Å². The number of rotatable bonds is 5. The molecule has 1 atom stereocenters. The maximum absolute atomic E-state index is 5.31. The number of para-hydroxylation sites is 1. The SMILES string of the molecule is CC(NCCc1noc2ccccc12)c1ccc(Br)cn1. The molecule has 1 unspecified atom stereocenters. The molecular formula is C16H16BrN3O. The van der Waals surface area contributed by atoms with Crippen LogP contribution in [0.3, 0.4) is 0 Å². The quantitative estimate of drug-likeness (QED) is 0.762. The molecule has 0 radical (unpaired) electrons. The van der Waals surface area contributed by atoms with Gasteiger partial charge in [0.2, 0.25) is 0 Å². The number of nitrogens with zero attached hydrogens (tertiary/aromatic N) is 2. The van der Waals surface area contributed by atoms with Crippen LogP contribution in [-0.4, -0.2) is 16.7 Å². The Morgan fingerprint density at radius 1 is 1.24 bits per heavy atom. The first-order valence-corrected chi connectivity index (χ1v) is 7.71. The van der Waals surface area contributed by atoms with Crippen molar-refractivity contribution in [3.63, 3.8) is 0 Å². The summed E-state index contributed by atoms with van der Waals surface area (Å²) in [5, 5.41) is 8.69. The number of aromatic nitrogens is 2. The number of benzene rings is 1. The van der Waals surface area contributed by atoms with Gasteiger partial charge in [0.15, 0.2) is 5.58 Å². The Morgan fingerprint density at radius 3 is 2.90 bits per heavy atom. The number of halogens is 1. The number of hydrogen-bond acceptors (Lipinski definition) is 4. The fraction of sp³-hybridized carbons (Fsp3) is 0.250. The van der Waals surface area contributed by atoms with Crippen LogP contribution in [0, 0.1) is 0 Å². The van der Waals surface area contributed by atoms with Crippen LogP contribution >= 0.6 is 15.9 Å². The molecule has 1 aromatic carbocycles. The van der Waals surface area contributed by atoms with Crippen molar-refractivity contribution in [2.24, 2.45) is 0 Å². The summed E-state index contributed by atoms with van der Waals surface area (Å²) in [6.45, 7) is 2.94. The lowest BCUT2D eigenvalue weighted by atomic mass is 10.1. The fourth-order valence-electron chi connectivity index (χ4n) is 2.27. The smallest absolute Gasteiger partial charge is 0.167 e. The largest absolute Gasteiger partial charge is 0.356 e. The molecule has 0 amide bonds. The third-order valence-corrected chi connectivity index (χ3v) is 3.93. The summed E-state index contributed by atoms with van der Waals surface area (Å²) in [6.07, 6.45) is 2.65. The predicted octanol–water partition coefficient (Wildman–Crippen LogP) is 3.88. The standard InChI is InChI=1S/C16H16BrN3O/c1-11(14-7-6-12(17)10-19-14)18-9-8-15-13-4-2-3-5-16(13)21-20-15/h2-7,10-11,18H,8-9H2,1H3. The van der Waals surface area contributed by atoms with Crippen molar-refractivity contribution in [2.75, 3.05) is 6.54 Å². The van der Waals surface area contributed by atoms with E-state index in [1.54, 1.807) is 0 Å². The van der Waals surface area contributed by atoms with Gasteiger partial charge in [0.1, 0.15) is 0 Å². The van der Waals surface area contributed by atoms with E-state index in [2.05, 4.69) is 38.3 Å². The second-order valence-electron chi connectivity index (χ2n) is 4.95. The topological polar surface area (TPSA) is 51.0 Å². The van der Waals surface area contributed by atoms with Gasteiger partial charge in [0.05, 0.1) is 11.4 Å². The van der Waals surface area contributed by atoms with Crippen LogP contribution in [0.5, 0.6) is 0 Å². The van der Waals surface area contributed by atoms with Crippen molar-refractivity contribution in [1.82, 2.24) is 15.5 Å². The highest BCUT2D eigenvalue weighted by molar-refractivity contribution is 9.10. The highest BCUT2D eigenvalue weighted by Gasteiger charge is 2.09. The molecule has 0 saturated carbocycles. The maximum atomic E-state index is 5.31. The molecule has 0 bridgehead atoms. The van der Waals surface area contributed by atoms with Crippen LogP contribution < -0.4 is 5.32 Å². The van der Waals surface area contributed by atoms with Gasteiger partial charge in [-0.3, -0.25) is 4.98 Å². The molecule has 21 heavy (non-hydrogen) atoms. The van der Waals surface area contributed by atoms with Crippen molar-refractivity contribution < 1.29 is 4.52 Å². The van der Waals surface area contributed by atoms with Crippen LogP contribution in [0.25, 0.3) is 11.0 Å². The van der Waals surface area contributed by atoms with E-state index >= 15 is 0 Å². The van der Waals surface area contributed by atoms with Crippen LogP contribution in [-0.2, 0) is 6.42 Å². The first-order valence-electron chi connectivity index (χ1n) is 6.92. The van der Waals surface area contributed by atoms with Gasteiger partial charge in [-0.15, -0.1) is 0 Å². The van der Waals surface area contributed by atoms with E-state index in [1.807, 2.05) is 42.6 Å². The average Bonchev–Trinajstić information content (AvgIpc) is 2.91. The van der Waals surface area contributed by atoms with Gasteiger partial charge in [-0.25, -0.2) is 0 Å². The van der Waals surface area contributed by atoms with Gasteiger partial charge in [-0.1, -0.05) is 17.3 Å². The molecule has 0 aliphatic carbocycles. The van der Waals surface area contributed by atoms with Crippen molar-refractivity contribution in [2.45, 2.75) is 19.4 Å². The summed E-state index contributed by atoms with van der Waals surface area (Å²) in [5.41, 5.74) is 2.87. The molecule has 0 aliphatic rings. The minimum Gasteiger partial charge on any atom is -0.356 e. The molecular weight excluding hydrogens is 330 g/mol. The summed E-state index contributed by atoms with van der Waals surface area (Å²) in [7, 11) is 0. The molecule has 2 aromatic heterocycles. The van der Waals surface area contributed by atoms with Crippen LogP contribution in [0.4, 0.5) is 0 Å².